The number of carbonyl (C=O) groups is 1. The van der Waals surface area contributed by atoms with Gasteiger partial charge in [0.1, 0.15) is 0 Å². The average Bonchev–Trinajstić information content (AvgIpc) is 2.47. The van der Waals surface area contributed by atoms with Crippen LogP contribution in [-0.2, 0) is 6.54 Å². The van der Waals surface area contributed by atoms with Gasteiger partial charge in [0.2, 0.25) is 0 Å². The molecule has 0 saturated heterocycles. The molecule has 0 spiro atoms. The highest BCUT2D eigenvalue weighted by molar-refractivity contribution is 14.1. The summed E-state index contributed by atoms with van der Waals surface area (Å²) < 4.78 is 1.88. The van der Waals surface area contributed by atoms with Gasteiger partial charge in [-0.25, -0.2) is 0 Å². The van der Waals surface area contributed by atoms with Crippen molar-refractivity contribution in [3.05, 3.63) is 61.9 Å². The Morgan fingerprint density at radius 3 is 2.65 bits per heavy atom. The first-order valence-corrected chi connectivity index (χ1v) is 8.12. The van der Waals surface area contributed by atoms with E-state index in [1.165, 1.54) is 0 Å². The van der Waals surface area contributed by atoms with E-state index in [-0.39, 0.29) is 5.91 Å². The summed E-state index contributed by atoms with van der Waals surface area (Å²) in [5.74, 6) is 0.0368. The molecule has 0 saturated carbocycles. The van der Waals surface area contributed by atoms with Gasteiger partial charge in [-0.2, -0.15) is 0 Å². The first kappa shape index (κ1) is 15.4. The zero-order chi connectivity index (χ0) is 14.5. The lowest BCUT2D eigenvalue weighted by atomic mass is 10.1. The Balaban J connectivity index is 2.23. The third kappa shape index (κ3) is 3.79. The van der Waals surface area contributed by atoms with Crippen LogP contribution in [-0.4, -0.2) is 22.3 Å². The van der Waals surface area contributed by atoms with Crippen LogP contribution >= 0.6 is 38.5 Å². The van der Waals surface area contributed by atoms with E-state index in [2.05, 4.69) is 43.5 Å². The predicted molar refractivity (Wildman–Crippen MR) is 91.5 cm³/mol. The van der Waals surface area contributed by atoms with Crippen molar-refractivity contribution in [2.24, 2.45) is 0 Å². The fourth-order valence-corrected chi connectivity index (χ4v) is 2.77. The van der Waals surface area contributed by atoms with Crippen molar-refractivity contribution in [2.45, 2.75) is 13.5 Å². The summed E-state index contributed by atoms with van der Waals surface area (Å²) in [6.07, 6.45) is 3.49. The lowest BCUT2D eigenvalue weighted by Gasteiger charge is -2.21. The zero-order valence-corrected chi connectivity index (χ0v) is 14.8. The Hall–Kier alpha value is -0.950. The Kier molecular flexibility index (Phi) is 5.54. The fraction of sp³-hybridized carbons (Fsp3) is 0.200. The van der Waals surface area contributed by atoms with Crippen molar-refractivity contribution < 1.29 is 4.79 Å². The van der Waals surface area contributed by atoms with E-state index in [1.54, 1.807) is 12.4 Å². The summed E-state index contributed by atoms with van der Waals surface area (Å²) in [6, 6.07) is 9.65. The van der Waals surface area contributed by atoms with E-state index in [0.717, 1.165) is 13.6 Å². The number of hydrogen-bond donors (Lipinski definition) is 0. The molecule has 1 amide bonds. The van der Waals surface area contributed by atoms with E-state index in [4.69, 9.17) is 0 Å². The maximum Gasteiger partial charge on any atom is 0.255 e. The molecule has 0 aliphatic heterocycles. The summed E-state index contributed by atoms with van der Waals surface area (Å²) in [6.45, 7) is 3.25. The van der Waals surface area contributed by atoms with Gasteiger partial charge in [0.15, 0.2) is 0 Å². The molecule has 20 heavy (non-hydrogen) atoms. The first-order valence-electron chi connectivity index (χ1n) is 6.25. The monoisotopic (exact) mass is 444 g/mol. The van der Waals surface area contributed by atoms with Crippen LogP contribution in [0.25, 0.3) is 0 Å². The maximum absolute atomic E-state index is 12.6. The number of rotatable bonds is 4. The molecule has 0 fully saturated rings. The zero-order valence-electron chi connectivity index (χ0n) is 11.0. The second kappa shape index (κ2) is 7.17. The van der Waals surface area contributed by atoms with Gasteiger partial charge < -0.3 is 4.90 Å². The molecule has 5 heteroatoms. The van der Waals surface area contributed by atoms with Gasteiger partial charge in [-0.05, 0) is 81.3 Å². The van der Waals surface area contributed by atoms with Crippen LogP contribution in [0, 0.1) is 3.57 Å². The number of nitrogens with zero attached hydrogens (tertiary/aromatic N) is 2. The summed E-state index contributed by atoms with van der Waals surface area (Å²) >= 11 is 5.67. The van der Waals surface area contributed by atoms with Crippen molar-refractivity contribution in [3.63, 3.8) is 0 Å². The highest BCUT2D eigenvalue weighted by Crippen LogP contribution is 2.21. The quantitative estimate of drug-likeness (QED) is 0.665. The second-order valence-electron chi connectivity index (χ2n) is 4.30. The number of halogens is 2. The molecule has 0 radical (unpaired) electrons. The van der Waals surface area contributed by atoms with Crippen molar-refractivity contribution in [1.29, 1.82) is 0 Å². The minimum Gasteiger partial charge on any atom is -0.335 e. The Morgan fingerprint density at radius 2 is 2.00 bits per heavy atom. The highest BCUT2D eigenvalue weighted by Gasteiger charge is 2.17. The molecule has 0 bridgehead atoms. The number of hydrogen-bond acceptors (Lipinski definition) is 2. The molecular formula is C15H14BrIN2O. The van der Waals surface area contributed by atoms with Gasteiger partial charge >= 0.3 is 0 Å². The highest BCUT2D eigenvalue weighted by atomic mass is 127. The molecular weight excluding hydrogens is 431 g/mol. The summed E-state index contributed by atoms with van der Waals surface area (Å²) in [4.78, 5) is 18.5. The smallest absolute Gasteiger partial charge is 0.255 e. The standard InChI is InChI=1S/C15H14BrIN2O/c1-2-19(10-11-5-7-18-8-6-11)15(20)13-9-12(17)3-4-14(13)16/h3-9H,2,10H2,1H3. The van der Waals surface area contributed by atoms with Gasteiger partial charge in [0.05, 0.1) is 5.56 Å². The topological polar surface area (TPSA) is 33.2 Å². The molecule has 1 aromatic heterocycles. The van der Waals surface area contributed by atoms with Crippen molar-refractivity contribution in [1.82, 2.24) is 9.88 Å². The van der Waals surface area contributed by atoms with Gasteiger partial charge in [0.25, 0.3) is 5.91 Å². The van der Waals surface area contributed by atoms with Crippen LogP contribution in [0.5, 0.6) is 0 Å². The Labute approximate surface area is 140 Å². The second-order valence-corrected chi connectivity index (χ2v) is 6.40. The minimum atomic E-state index is 0.0368. The number of pyridine rings is 1. The van der Waals surface area contributed by atoms with Crippen molar-refractivity contribution in [2.75, 3.05) is 6.54 Å². The van der Waals surface area contributed by atoms with E-state index >= 15 is 0 Å². The maximum atomic E-state index is 12.6. The van der Waals surface area contributed by atoms with Gasteiger partial charge in [-0.1, -0.05) is 0 Å². The summed E-state index contributed by atoms with van der Waals surface area (Å²) in [5, 5.41) is 0. The third-order valence-corrected chi connectivity index (χ3v) is 4.31. The molecule has 0 aliphatic rings. The Bertz CT molecular complexity index is 604. The molecule has 0 atom stereocenters. The van der Waals surface area contributed by atoms with Crippen molar-refractivity contribution in [3.8, 4) is 0 Å². The summed E-state index contributed by atoms with van der Waals surface area (Å²) in [5.41, 5.74) is 1.78. The van der Waals surface area contributed by atoms with E-state index < -0.39 is 0 Å². The van der Waals surface area contributed by atoms with Gasteiger partial charge in [0, 0.05) is 33.5 Å². The average molecular weight is 445 g/mol. The number of benzene rings is 1. The largest absolute Gasteiger partial charge is 0.335 e. The van der Waals surface area contributed by atoms with Crippen LogP contribution in [0.2, 0.25) is 0 Å². The molecule has 2 rings (SSSR count). The van der Waals surface area contributed by atoms with Crippen LogP contribution < -0.4 is 0 Å². The van der Waals surface area contributed by atoms with Crippen LogP contribution in [0.15, 0.2) is 47.2 Å². The molecule has 1 aromatic carbocycles. The van der Waals surface area contributed by atoms with Crippen molar-refractivity contribution >= 4 is 44.4 Å². The normalized spacial score (nSPS) is 10.3. The fourth-order valence-electron chi connectivity index (χ4n) is 1.87. The third-order valence-electron chi connectivity index (χ3n) is 2.95. The minimum absolute atomic E-state index is 0.0368. The lowest BCUT2D eigenvalue weighted by molar-refractivity contribution is 0.0751. The number of aromatic nitrogens is 1. The first-order chi connectivity index (χ1) is 9.61. The molecule has 0 N–H and O–H groups in total. The molecule has 1 heterocycles. The molecule has 3 nitrogen and oxygen atoms in total. The van der Waals surface area contributed by atoms with E-state index in [0.29, 0.717) is 18.7 Å². The van der Waals surface area contributed by atoms with E-state index in [9.17, 15) is 4.79 Å². The number of carbonyl (C=O) groups excluding carboxylic acids is 1. The SMILES string of the molecule is CCN(Cc1ccncc1)C(=O)c1cc(I)ccc1Br. The number of amides is 1. The Morgan fingerprint density at radius 1 is 1.30 bits per heavy atom. The predicted octanol–water partition coefficient (Wildman–Crippen LogP) is 4.11. The van der Waals surface area contributed by atoms with Crippen LogP contribution in [0.3, 0.4) is 0 Å². The van der Waals surface area contributed by atoms with Crippen LogP contribution in [0.1, 0.15) is 22.8 Å². The molecule has 0 aliphatic carbocycles. The van der Waals surface area contributed by atoms with Gasteiger partial charge in [-0.3, -0.25) is 9.78 Å². The van der Waals surface area contributed by atoms with Gasteiger partial charge in [-0.15, -0.1) is 0 Å². The lowest BCUT2D eigenvalue weighted by Crippen LogP contribution is -2.30. The van der Waals surface area contributed by atoms with E-state index in [1.807, 2.05) is 42.2 Å². The molecule has 2 aromatic rings. The molecule has 0 unspecified atom stereocenters. The van der Waals surface area contributed by atoms with Crippen LogP contribution in [0.4, 0.5) is 0 Å². The summed E-state index contributed by atoms with van der Waals surface area (Å²) in [7, 11) is 0. The molecule has 104 valence electrons.